The van der Waals surface area contributed by atoms with E-state index in [1.807, 2.05) is 0 Å². The van der Waals surface area contributed by atoms with Crippen LogP contribution in [0.1, 0.15) is 6.42 Å². The maximum atomic E-state index is 11.5. The molecule has 0 aromatic carbocycles. The molecule has 1 aliphatic rings. The molecule has 1 aromatic rings. The van der Waals surface area contributed by atoms with Gasteiger partial charge < -0.3 is 9.64 Å². The van der Waals surface area contributed by atoms with Crippen molar-refractivity contribution in [3.05, 3.63) is 16.7 Å². The van der Waals surface area contributed by atoms with Crippen LogP contribution < -0.4 is 4.90 Å². The Morgan fingerprint density at radius 3 is 2.78 bits per heavy atom. The van der Waals surface area contributed by atoms with Crippen molar-refractivity contribution in [3.63, 3.8) is 0 Å². The van der Waals surface area contributed by atoms with Crippen molar-refractivity contribution in [2.24, 2.45) is 0 Å². The molecule has 2 rings (SSSR count). The van der Waals surface area contributed by atoms with Crippen LogP contribution >= 0.6 is 15.9 Å². The van der Waals surface area contributed by atoms with Crippen molar-refractivity contribution in [2.75, 3.05) is 37.5 Å². The average Bonchev–Trinajstić information content (AvgIpc) is 2.55. The minimum absolute atomic E-state index is 0.220. The molecule has 0 aliphatic carbocycles. The van der Waals surface area contributed by atoms with Crippen LogP contribution in [0.2, 0.25) is 0 Å². The summed E-state index contributed by atoms with van der Waals surface area (Å²) < 4.78 is 28.7. The Morgan fingerprint density at radius 2 is 2.11 bits per heavy atom. The number of aromatic nitrogens is 1. The fourth-order valence-corrected chi connectivity index (χ4v) is 3.70. The number of sulfone groups is 1. The van der Waals surface area contributed by atoms with Gasteiger partial charge in [-0.1, -0.05) is 0 Å². The number of pyridine rings is 1. The van der Waals surface area contributed by atoms with E-state index in [2.05, 4.69) is 25.8 Å². The lowest BCUT2D eigenvalue weighted by molar-refractivity contribution is 0.152. The maximum Gasteiger partial charge on any atom is 0.178 e. The molecule has 1 aromatic heterocycles. The fraction of sp³-hybridized carbons (Fsp3) is 0.545. The second-order valence-electron chi connectivity index (χ2n) is 4.18. The number of hydrogen-bond donors (Lipinski definition) is 0. The lowest BCUT2D eigenvalue weighted by atomic mass is 10.3. The van der Waals surface area contributed by atoms with Crippen LogP contribution in [0, 0.1) is 0 Å². The third-order valence-electron chi connectivity index (χ3n) is 2.75. The summed E-state index contributed by atoms with van der Waals surface area (Å²) in [4.78, 5) is 6.63. The predicted octanol–water partition coefficient (Wildman–Crippen LogP) is 1.47. The largest absolute Gasteiger partial charge is 0.380 e. The summed E-state index contributed by atoms with van der Waals surface area (Å²) in [5.74, 6) is 0.778. The lowest BCUT2D eigenvalue weighted by Gasteiger charge is -2.21. The summed E-state index contributed by atoms with van der Waals surface area (Å²) in [6, 6.07) is 3.33. The molecule has 5 nitrogen and oxygen atoms in total. The molecule has 1 aliphatic heterocycles. The predicted molar refractivity (Wildman–Crippen MR) is 72.7 cm³/mol. The maximum absolute atomic E-state index is 11.5. The Morgan fingerprint density at radius 1 is 1.33 bits per heavy atom. The van der Waals surface area contributed by atoms with Gasteiger partial charge in [-0.15, -0.1) is 0 Å². The van der Waals surface area contributed by atoms with Crippen molar-refractivity contribution in [1.82, 2.24) is 4.98 Å². The first-order chi connectivity index (χ1) is 8.48. The molecule has 1 fully saturated rings. The van der Waals surface area contributed by atoms with E-state index < -0.39 is 9.84 Å². The highest BCUT2D eigenvalue weighted by Crippen LogP contribution is 2.24. The molecule has 0 unspecified atom stereocenters. The van der Waals surface area contributed by atoms with Gasteiger partial charge in [-0.3, -0.25) is 0 Å². The minimum Gasteiger partial charge on any atom is -0.380 e. The van der Waals surface area contributed by atoms with Crippen LogP contribution in [0.15, 0.2) is 21.6 Å². The molecule has 0 radical (unpaired) electrons. The van der Waals surface area contributed by atoms with Crippen LogP contribution in [0.3, 0.4) is 0 Å². The van der Waals surface area contributed by atoms with Crippen molar-refractivity contribution >= 4 is 31.6 Å². The Labute approximate surface area is 115 Å². The highest BCUT2D eigenvalue weighted by atomic mass is 79.9. The van der Waals surface area contributed by atoms with E-state index in [0.717, 1.165) is 31.9 Å². The van der Waals surface area contributed by atoms with Gasteiger partial charge >= 0.3 is 0 Å². The highest BCUT2D eigenvalue weighted by Gasteiger charge is 2.16. The zero-order chi connectivity index (χ0) is 13.2. The van der Waals surface area contributed by atoms with Gasteiger partial charge in [0.15, 0.2) is 9.84 Å². The highest BCUT2D eigenvalue weighted by molar-refractivity contribution is 9.10. The van der Waals surface area contributed by atoms with E-state index in [-0.39, 0.29) is 4.90 Å². The molecular formula is C11H15BrN2O3S. The van der Waals surface area contributed by atoms with Gasteiger partial charge in [0.05, 0.1) is 11.5 Å². The zero-order valence-electron chi connectivity index (χ0n) is 10.1. The van der Waals surface area contributed by atoms with Crippen LogP contribution in [0.4, 0.5) is 5.82 Å². The molecule has 0 saturated carbocycles. The third kappa shape index (κ3) is 3.21. The van der Waals surface area contributed by atoms with Gasteiger partial charge in [-0.2, -0.15) is 0 Å². The van der Waals surface area contributed by atoms with E-state index in [1.165, 1.54) is 6.26 Å². The SMILES string of the molecule is CS(=O)(=O)c1ccc(N2CCCOCC2)nc1Br. The Hall–Kier alpha value is -0.660. The minimum atomic E-state index is -3.24. The first-order valence-electron chi connectivity index (χ1n) is 5.68. The van der Waals surface area contributed by atoms with E-state index in [1.54, 1.807) is 12.1 Å². The van der Waals surface area contributed by atoms with E-state index in [4.69, 9.17) is 4.74 Å². The first-order valence-corrected chi connectivity index (χ1v) is 8.36. The van der Waals surface area contributed by atoms with Crippen LogP contribution in [-0.4, -0.2) is 46.0 Å². The Balaban J connectivity index is 2.28. The second-order valence-corrected chi connectivity index (χ2v) is 6.92. The Bertz CT molecular complexity index is 525. The molecule has 1 saturated heterocycles. The smallest absolute Gasteiger partial charge is 0.178 e. The van der Waals surface area contributed by atoms with Crippen molar-refractivity contribution in [3.8, 4) is 0 Å². The summed E-state index contributed by atoms with van der Waals surface area (Å²) in [7, 11) is -3.24. The number of nitrogens with zero attached hydrogens (tertiary/aromatic N) is 2. The van der Waals surface area contributed by atoms with Crippen molar-refractivity contribution < 1.29 is 13.2 Å². The Kier molecular flexibility index (Phi) is 4.24. The summed E-state index contributed by atoms with van der Waals surface area (Å²) in [5.41, 5.74) is 0. The molecule has 0 N–H and O–H groups in total. The number of anilines is 1. The van der Waals surface area contributed by atoms with Crippen LogP contribution in [0.25, 0.3) is 0 Å². The fourth-order valence-electron chi connectivity index (χ4n) is 1.84. The molecule has 0 atom stereocenters. The molecule has 2 heterocycles. The molecule has 100 valence electrons. The van der Waals surface area contributed by atoms with Crippen LogP contribution in [0.5, 0.6) is 0 Å². The normalized spacial score (nSPS) is 17.6. The molecule has 7 heteroatoms. The second kappa shape index (κ2) is 5.54. The monoisotopic (exact) mass is 334 g/mol. The van der Waals surface area contributed by atoms with E-state index in [0.29, 0.717) is 11.2 Å². The van der Waals surface area contributed by atoms with E-state index >= 15 is 0 Å². The van der Waals surface area contributed by atoms with Crippen molar-refractivity contribution in [1.29, 1.82) is 0 Å². The van der Waals surface area contributed by atoms with Gasteiger partial charge in [0.2, 0.25) is 0 Å². The molecule has 0 amide bonds. The van der Waals surface area contributed by atoms with E-state index in [9.17, 15) is 8.42 Å². The molecule has 0 spiro atoms. The van der Waals surface area contributed by atoms with Gasteiger partial charge in [-0.05, 0) is 34.5 Å². The molecule has 18 heavy (non-hydrogen) atoms. The number of hydrogen-bond acceptors (Lipinski definition) is 5. The van der Waals surface area contributed by atoms with Gasteiger partial charge in [0, 0.05) is 26.0 Å². The number of halogens is 1. The summed E-state index contributed by atoms with van der Waals surface area (Å²) in [6.45, 7) is 3.08. The zero-order valence-corrected chi connectivity index (χ0v) is 12.5. The topological polar surface area (TPSA) is 59.5 Å². The molecule has 0 bridgehead atoms. The average molecular weight is 335 g/mol. The van der Waals surface area contributed by atoms with Gasteiger partial charge in [0.1, 0.15) is 10.4 Å². The quantitative estimate of drug-likeness (QED) is 0.766. The molecular weight excluding hydrogens is 320 g/mol. The number of rotatable bonds is 2. The summed E-state index contributed by atoms with van der Waals surface area (Å²) in [6.07, 6.45) is 2.13. The number of ether oxygens (including phenoxy) is 1. The van der Waals surface area contributed by atoms with Gasteiger partial charge in [-0.25, -0.2) is 13.4 Å². The summed E-state index contributed by atoms with van der Waals surface area (Å²) in [5, 5.41) is 0. The summed E-state index contributed by atoms with van der Waals surface area (Å²) >= 11 is 3.22. The third-order valence-corrected chi connectivity index (χ3v) is 4.74. The van der Waals surface area contributed by atoms with Crippen molar-refractivity contribution in [2.45, 2.75) is 11.3 Å². The van der Waals surface area contributed by atoms with Gasteiger partial charge in [0.25, 0.3) is 0 Å². The van der Waals surface area contributed by atoms with Crippen LogP contribution in [-0.2, 0) is 14.6 Å². The first kappa shape index (κ1) is 13.8. The standard InChI is InChI=1S/C11H15BrN2O3S/c1-18(15,16)9-3-4-10(13-11(9)12)14-5-2-7-17-8-6-14/h3-4H,2,5-8H2,1H3. The lowest BCUT2D eigenvalue weighted by Crippen LogP contribution is -2.26.